The Morgan fingerprint density at radius 1 is 0.968 bits per heavy atom. The van der Waals surface area contributed by atoms with Crippen LogP contribution in [0.2, 0.25) is 0 Å². The summed E-state index contributed by atoms with van der Waals surface area (Å²) in [6.45, 7) is 2.37. The molecule has 1 amide bonds. The fraction of sp³-hybridized carbons (Fsp3) is 0.731. The van der Waals surface area contributed by atoms with Crippen LogP contribution in [0.3, 0.4) is 0 Å². The standard InChI is InChI=1S/C26H40N2O3/c29-22-12-16-28(17-13-22)23-10-14-26(15-11-24(23)30,21-8-2-1-3-9-21)19-27-25(31)18-20-6-4-5-7-20/h1-3,8-9,20,22-24,29-30H,4-7,10-19H2,(H,27,31)/t23-,24-,26-/m0/s1. The van der Waals surface area contributed by atoms with Crippen LogP contribution in [0.5, 0.6) is 0 Å². The molecule has 2 saturated carbocycles. The van der Waals surface area contributed by atoms with Crippen molar-refractivity contribution in [2.75, 3.05) is 19.6 Å². The Labute approximate surface area is 187 Å². The van der Waals surface area contributed by atoms with E-state index in [1.807, 2.05) is 6.07 Å². The van der Waals surface area contributed by atoms with Crippen LogP contribution in [0.4, 0.5) is 0 Å². The third-order valence-electron chi connectivity index (χ3n) is 8.21. The Hall–Kier alpha value is -1.43. The fourth-order valence-electron chi connectivity index (χ4n) is 6.18. The molecular weight excluding hydrogens is 388 g/mol. The van der Waals surface area contributed by atoms with E-state index in [1.165, 1.54) is 31.2 Å². The average molecular weight is 429 g/mol. The number of nitrogens with one attached hydrogen (secondary N) is 1. The summed E-state index contributed by atoms with van der Waals surface area (Å²) < 4.78 is 0. The molecule has 0 bridgehead atoms. The van der Waals surface area contributed by atoms with Crippen molar-refractivity contribution in [3.63, 3.8) is 0 Å². The summed E-state index contributed by atoms with van der Waals surface area (Å²) in [5, 5.41) is 24.2. The highest BCUT2D eigenvalue weighted by Crippen LogP contribution is 2.40. The number of likely N-dealkylation sites (tertiary alicyclic amines) is 1. The molecule has 1 heterocycles. The number of amides is 1. The zero-order chi connectivity index (χ0) is 21.7. The topological polar surface area (TPSA) is 72.8 Å². The lowest BCUT2D eigenvalue weighted by molar-refractivity contribution is -0.122. The third kappa shape index (κ3) is 5.68. The Morgan fingerprint density at radius 3 is 2.35 bits per heavy atom. The Kier molecular flexibility index (Phi) is 7.68. The molecule has 172 valence electrons. The van der Waals surface area contributed by atoms with Gasteiger partial charge in [-0.2, -0.15) is 0 Å². The number of carbonyl (C=O) groups is 1. The number of carbonyl (C=O) groups excluding carboxylic acids is 1. The first kappa shape index (κ1) is 22.8. The van der Waals surface area contributed by atoms with Gasteiger partial charge in [0.25, 0.3) is 0 Å². The van der Waals surface area contributed by atoms with E-state index in [9.17, 15) is 15.0 Å². The molecule has 1 saturated heterocycles. The van der Waals surface area contributed by atoms with Crippen LogP contribution in [0, 0.1) is 5.92 Å². The molecule has 5 heteroatoms. The minimum absolute atomic E-state index is 0.127. The highest BCUT2D eigenvalue weighted by molar-refractivity contribution is 5.76. The summed E-state index contributed by atoms with van der Waals surface area (Å²) in [6.07, 6.45) is 10.1. The number of aliphatic hydroxyl groups is 2. The largest absolute Gasteiger partial charge is 0.393 e. The van der Waals surface area contributed by atoms with Gasteiger partial charge >= 0.3 is 0 Å². The van der Waals surface area contributed by atoms with E-state index in [2.05, 4.69) is 34.5 Å². The van der Waals surface area contributed by atoms with E-state index in [0.29, 0.717) is 18.9 Å². The quantitative estimate of drug-likeness (QED) is 0.608. The highest BCUT2D eigenvalue weighted by Gasteiger charge is 2.40. The van der Waals surface area contributed by atoms with Crippen molar-refractivity contribution < 1.29 is 15.0 Å². The molecule has 4 rings (SSSR count). The second kappa shape index (κ2) is 10.5. The van der Waals surface area contributed by atoms with Gasteiger partial charge in [-0.05, 0) is 62.8 Å². The molecule has 3 aliphatic rings. The van der Waals surface area contributed by atoms with Crippen LogP contribution in [-0.2, 0) is 10.2 Å². The molecule has 1 aromatic carbocycles. The van der Waals surface area contributed by atoms with Gasteiger partial charge in [0.15, 0.2) is 0 Å². The van der Waals surface area contributed by atoms with Gasteiger partial charge in [0.05, 0.1) is 12.2 Å². The van der Waals surface area contributed by atoms with Gasteiger partial charge in [-0.15, -0.1) is 0 Å². The van der Waals surface area contributed by atoms with Crippen LogP contribution in [-0.4, -0.2) is 58.9 Å². The zero-order valence-corrected chi connectivity index (χ0v) is 18.8. The third-order valence-corrected chi connectivity index (χ3v) is 8.21. The highest BCUT2D eigenvalue weighted by atomic mass is 16.3. The first-order valence-electron chi connectivity index (χ1n) is 12.5. The number of benzene rings is 1. The maximum Gasteiger partial charge on any atom is 0.220 e. The molecule has 0 radical (unpaired) electrons. The predicted octanol–water partition coefficient (Wildman–Crippen LogP) is 3.38. The smallest absolute Gasteiger partial charge is 0.220 e. The molecule has 2 aliphatic carbocycles. The van der Waals surface area contributed by atoms with Gasteiger partial charge in [0, 0.05) is 37.5 Å². The van der Waals surface area contributed by atoms with Crippen LogP contribution in [0.1, 0.15) is 76.2 Å². The number of rotatable bonds is 6. The van der Waals surface area contributed by atoms with Gasteiger partial charge in [-0.3, -0.25) is 9.69 Å². The predicted molar refractivity (Wildman–Crippen MR) is 123 cm³/mol. The van der Waals surface area contributed by atoms with Crippen molar-refractivity contribution in [2.45, 2.75) is 94.3 Å². The second-order valence-electron chi connectivity index (χ2n) is 10.3. The number of nitrogens with zero attached hydrogens (tertiary/aromatic N) is 1. The van der Waals surface area contributed by atoms with Crippen LogP contribution < -0.4 is 5.32 Å². The summed E-state index contributed by atoms with van der Waals surface area (Å²) >= 11 is 0. The summed E-state index contributed by atoms with van der Waals surface area (Å²) in [6, 6.07) is 10.7. The van der Waals surface area contributed by atoms with E-state index in [4.69, 9.17) is 0 Å². The van der Waals surface area contributed by atoms with Crippen LogP contribution >= 0.6 is 0 Å². The van der Waals surface area contributed by atoms with Gasteiger partial charge in [0.1, 0.15) is 0 Å². The number of hydrogen-bond donors (Lipinski definition) is 3. The van der Waals surface area contributed by atoms with Crippen molar-refractivity contribution in [3.05, 3.63) is 35.9 Å². The molecule has 0 unspecified atom stereocenters. The average Bonchev–Trinajstić information content (AvgIpc) is 3.23. The summed E-state index contributed by atoms with van der Waals surface area (Å²) in [5.41, 5.74) is 1.15. The maximum atomic E-state index is 12.7. The molecule has 3 fully saturated rings. The first-order valence-corrected chi connectivity index (χ1v) is 12.5. The van der Waals surface area contributed by atoms with Gasteiger partial charge in [0.2, 0.25) is 5.91 Å². The minimum Gasteiger partial charge on any atom is -0.393 e. The Morgan fingerprint density at radius 2 is 1.65 bits per heavy atom. The van der Waals surface area contributed by atoms with Crippen LogP contribution in [0.25, 0.3) is 0 Å². The maximum absolute atomic E-state index is 12.7. The summed E-state index contributed by atoms with van der Waals surface area (Å²) in [4.78, 5) is 15.1. The molecule has 5 nitrogen and oxygen atoms in total. The normalized spacial score (nSPS) is 31.4. The SMILES string of the molecule is O=C(CC1CCCC1)NC[C@@]1(c2ccccc2)CC[C@H](O)[C@@H](N2CCC(O)CC2)CC1. The molecule has 3 atom stereocenters. The van der Waals surface area contributed by atoms with Crippen molar-refractivity contribution >= 4 is 5.91 Å². The summed E-state index contributed by atoms with van der Waals surface area (Å²) in [7, 11) is 0. The van der Waals surface area contributed by atoms with Crippen molar-refractivity contribution in [1.29, 1.82) is 0 Å². The van der Waals surface area contributed by atoms with Gasteiger partial charge in [-0.25, -0.2) is 0 Å². The molecule has 3 N–H and O–H groups in total. The summed E-state index contributed by atoms with van der Waals surface area (Å²) in [5.74, 6) is 0.746. The van der Waals surface area contributed by atoms with E-state index < -0.39 is 0 Å². The zero-order valence-electron chi connectivity index (χ0n) is 18.8. The molecule has 0 spiro atoms. The molecule has 0 aromatic heterocycles. The van der Waals surface area contributed by atoms with E-state index >= 15 is 0 Å². The molecular formula is C26H40N2O3. The lowest BCUT2D eigenvalue weighted by Crippen LogP contribution is -2.48. The Balaban J connectivity index is 1.45. The van der Waals surface area contributed by atoms with Gasteiger partial charge in [-0.1, -0.05) is 43.2 Å². The number of hydrogen-bond acceptors (Lipinski definition) is 4. The van der Waals surface area contributed by atoms with E-state index in [1.54, 1.807) is 0 Å². The lowest BCUT2D eigenvalue weighted by Gasteiger charge is -2.38. The fourth-order valence-corrected chi connectivity index (χ4v) is 6.18. The molecule has 31 heavy (non-hydrogen) atoms. The Bertz CT molecular complexity index is 698. The number of piperidine rings is 1. The van der Waals surface area contributed by atoms with Crippen LogP contribution in [0.15, 0.2) is 30.3 Å². The lowest BCUT2D eigenvalue weighted by atomic mass is 9.74. The van der Waals surface area contributed by atoms with Crippen molar-refractivity contribution in [1.82, 2.24) is 10.2 Å². The molecule has 1 aromatic rings. The minimum atomic E-state index is -0.352. The van der Waals surface area contributed by atoms with E-state index in [0.717, 1.165) is 51.6 Å². The number of aliphatic hydroxyl groups excluding tert-OH is 2. The molecule has 1 aliphatic heterocycles. The van der Waals surface area contributed by atoms with Gasteiger partial charge < -0.3 is 15.5 Å². The second-order valence-corrected chi connectivity index (χ2v) is 10.3. The van der Waals surface area contributed by atoms with E-state index in [-0.39, 0.29) is 29.6 Å². The van der Waals surface area contributed by atoms with Crippen molar-refractivity contribution in [2.24, 2.45) is 5.92 Å². The monoisotopic (exact) mass is 428 g/mol. The first-order chi connectivity index (χ1) is 15.1. The van der Waals surface area contributed by atoms with Crippen molar-refractivity contribution in [3.8, 4) is 0 Å².